The fraction of sp³-hybridized carbons (Fsp3) is 0.219. The van der Waals surface area contributed by atoms with E-state index in [1.165, 1.54) is 21.6 Å². The zero-order valence-corrected chi connectivity index (χ0v) is 21.9. The Morgan fingerprint density at radius 1 is 0.622 bits per heavy atom. The number of anilines is 1. The lowest BCUT2D eigenvalue weighted by atomic mass is 10.1. The summed E-state index contributed by atoms with van der Waals surface area (Å²) in [6.07, 6.45) is 0. The van der Waals surface area contributed by atoms with Crippen molar-refractivity contribution >= 4 is 23.4 Å². The number of thioether (sulfide) groups is 1. The van der Waals surface area contributed by atoms with Gasteiger partial charge in [-0.25, -0.2) is 0 Å². The van der Waals surface area contributed by atoms with E-state index >= 15 is 0 Å². The first kappa shape index (κ1) is 25.3. The first-order valence-electron chi connectivity index (χ1n) is 12.9. The molecule has 0 atom stereocenters. The lowest BCUT2D eigenvalue weighted by molar-refractivity contribution is 0.102. The molecule has 5 rings (SSSR count). The Bertz CT molecular complexity index is 1250. The normalized spacial score (nSPS) is 14.4. The Kier molecular flexibility index (Phi) is 8.70. The number of carbonyl (C=O) groups excluding carboxylic acids is 1. The van der Waals surface area contributed by atoms with Crippen LogP contribution in [0.25, 0.3) is 0 Å². The van der Waals surface area contributed by atoms with Crippen LogP contribution in [-0.2, 0) is 18.8 Å². The van der Waals surface area contributed by atoms with Crippen LogP contribution in [0, 0.1) is 0 Å². The van der Waals surface area contributed by atoms with Gasteiger partial charge >= 0.3 is 0 Å². The second-order valence-corrected chi connectivity index (χ2v) is 10.5. The molecule has 1 fully saturated rings. The monoisotopic (exact) mass is 507 g/mol. The minimum Gasteiger partial charge on any atom is -0.322 e. The predicted octanol–water partition coefficient (Wildman–Crippen LogP) is 6.55. The maximum absolute atomic E-state index is 12.8. The number of hydrogen-bond acceptors (Lipinski definition) is 4. The molecule has 0 radical (unpaired) electrons. The van der Waals surface area contributed by atoms with Gasteiger partial charge < -0.3 is 5.32 Å². The van der Waals surface area contributed by atoms with Gasteiger partial charge in [0.2, 0.25) is 0 Å². The summed E-state index contributed by atoms with van der Waals surface area (Å²) in [5.74, 6) is 0.828. The Hall–Kier alpha value is -3.38. The largest absolute Gasteiger partial charge is 0.322 e. The van der Waals surface area contributed by atoms with E-state index in [2.05, 4.69) is 94.0 Å². The van der Waals surface area contributed by atoms with Crippen molar-refractivity contribution in [2.45, 2.75) is 23.7 Å². The molecule has 1 amide bonds. The van der Waals surface area contributed by atoms with E-state index in [9.17, 15) is 4.79 Å². The molecule has 4 aromatic carbocycles. The average Bonchev–Trinajstić information content (AvgIpc) is 2.95. The van der Waals surface area contributed by atoms with Crippen LogP contribution in [0.4, 0.5) is 5.69 Å². The van der Waals surface area contributed by atoms with E-state index in [-0.39, 0.29) is 5.91 Å². The van der Waals surface area contributed by atoms with E-state index in [0.29, 0.717) is 5.56 Å². The summed E-state index contributed by atoms with van der Waals surface area (Å²) in [5.41, 5.74) is 5.35. The molecule has 0 bridgehead atoms. The van der Waals surface area contributed by atoms with Crippen molar-refractivity contribution in [3.63, 3.8) is 0 Å². The number of nitrogens with one attached hydrogen (secondary N) is 1. The third-order valence-electron chi connectivity index (χ3n) is 6.70. The Morgan fingerprint density at radius 2 is 1.14 bits per heavy atom. The summed E-state index contributed by atoms with van der Waals surface area (Å²) in [7, 11) is 0. The summed E-state index contributed by atoms with van der Waals surface area (Å²) >= 11 is 1.81. The molecule has 1 heterocycles. The zero-order valence-electron chi connectivity index (χ0n) is 21.1. The number of hydrogen-bond donors (Lipinski definition) is 1. The van der Waals surface area contributed by atoms with Crippen LogP contribution in [0.3, 0.4) is 0 Å². The van der Waals surface area contributed by atoms with Crippen LogP contribution in [0.5, 0.6) is 0 Å². The summed E-state index contributed by atoms with van der Waals surface area (Å²) in [6, 6.07) is 37.2. The standard InChI is InChI=1S/C32H33N3OS/c36-32(33-30-17-13-28(14-18-30)25-37-31-9-5-2-6-10-31)29-15-11-27(12-16-29)24-35-21-19-34(20-22-35)23-26-7-3-1-4-8-26/h1-18H,19-25H2,(H,33,36). The van der Waals surface area contributed by atoms with Crippen molar-refractivity contribution in [2.24, 2.45) is 0 Å². The van der Waals surface area contributed by atoms with Gasteiger partial charge in [-0.15, -0.1) is 11.8 Å². The molecule has 37 heavy (non-hydrogen) atoms. The van der Waals surface area contributed by atoms with Crippen molar-refractivity contribution < 1.29 is 4.79 Å². The topological polar surface area (TPSA) is 35.6 Å². The van der Waals surface area contributed by atoms with Gasteiger partial charge in [-0.3, -0.25) is 14.6 Å². The van der Waals surface area contributed by atoms with Crippen LogP contribution in [0.2, 0.25) is 0 Å². The summed E-state index contributed by atoms with van der Waals surface area (Å²) in [6.45, 7) is 6.24. The van der Waals surface area contributed by atoms with Crippen molar-refractivity contribution in [2.75, 3.05) is 31.5 Å². The Balaban J connectivity index is 1.06. The van der Waals surface area contributed by atoms with Crippen LogP contribution < -0.4 is 5.32 Å². The molecule has 0 unspecified atom stereocenters. The highest BCUT2D eigenvalue weighted by Crippen LogP contribution is 2.23. The lowest BCUT2D eigenvalue weighted by Crippen LogP contribution is -2.45. The van der Waals surface area contributed by atoms with Crippen molar-refractivity contribution in [1.29, 1.82) is 0 Å². The van der Waals surface area contributed by atoms with E-state index in [4.69, 9.17) is 0 Å². The molecule has 1 saturated heterocycles. The fourth-order valence-electron chi connectivity index (χ4n) is 4.54. The van der Waals surface area contributed by atoms with Crippen LogP contribution >= 0.6 is 11.8 Å². The van der Waals surface area contributed by atoms with E-state index in [1.54, 1.807) is 0 Å². The second kappa shape index (κ2) is 12.7. The molecule has 0 saturated carbocycles. The summed E-state index contributed by atoms with van der Waals surface area (Å²) in [4.78, 5) is 19.0. The van der Waals surface area contributed by atoms with Crippen LogP contribution in [-0.4, -0.2) is 41.9 Å². The average molecular weight is 508 g/mol. The number of carbonyl (C=O) groups is 1. The minimum absolute atomic E-state index is 0.0764. The molecule has 0 aromatic heterocycles. The first-order chi connectivity index (χ1) is 18.2. The fourth-order valence-corrected chi connectivity index (χ4v) is 5.41. The Morgan fingerprint density at radius 3 is 1.73 bits per heavy atom. The molecule has 0 spiro atoms. The van der Waals surface area contributed by atoms with Crippen molar-refractivity contribution in [3.8, 4) is 0 Å². The predicted molar refractivity (Wildman–Crippen MR) is 154 cm³/mol. The molecule has 4 aromatic rings. The van der Waals surface area contributed by atoms with Gasteiger partial charge in [-0.2, -0.15) is 0 Å². The maximum atomic E-state index is 12.8. The third kappa shape index (κ3) is 7.56. The number of piperazine rings is 1. The van der Waals surface area contributed by atoms with Gasteiger partial charge in [0.15, 0.2) is 0 Å². The molecule has 188 valence electrons. The molecule has 0 aliphatic carbocycles. The minimum atomic E-state index is -0.0764. The number of benzene rings is 4. The first-order valence-corrected chi connectivity index (χ1v) is 13.9. The SMILES string of the molecule is O=C(Nc1ccc(CSc2ccccc2)cc1)c1ccc(CN2CCN(Cc3ccccc3)CC2)cc1. The zero-order chi connectivity index (χ0) is 25.3. The van der Waals surface area contributed by atoms with Crippen LogP contribution in [0.1, 0.15) is 27.0 Å². The van der Waals surface area contributed by atoms with E-state index in [0.717, 1.165) is 50.7 Å². The van der Waals surface area contributed by atoms with E-state index in [1.807, 2.05) is 42.1 Å². The van der Waals surface area contributed by atoms with Crippen molar-refractivity contribution in [1.82, 2.24) is 9.80 Å². The lowest BCUT2D eigenvalue weighted by Gasteiger charge is -2.34. The molecule has 5 heteroatoms. The maximum Gasteiger partial charge on any atom is 0.255 e. The highest BCUT2D eigenvalue weighted by molar-refractivity contribution is 7.98. The van der Waals surface area contributed by atoms with Gasteiger partial charge in [-0.1, -0.05) is 72.8 Å². The summed E-state index contributed by atoms with van der Waals surface area (Å²) < 4.78 is 0. The van der Waals surface area contributed by atoms with Gasteiger partial charge in [0.1, 0.15) is 0 Å². The Labute approximate surface area is 224 Å². The molecular weight excluding hydrogens is 474 g/mol. The number of rotatable bonds is 9. The highest BCUT2D eigenvalue weighted by Gasteiger charge is 2.17. The van der Waals surface area contributed by atoms with Gasteiger partial charge in [0.25, 0.3) is 5.91 Å². The van der Waals surface area contributed by atoms with E-state index < -0.39 is 0 Å². The van der Waals surface area contributed by atoms with Crippen molar-refractivity contribution in [3.05, 3.63) is 131 Å². The highest BCUT2D eigenvalue weighted by atomic mass is 32.2. The number of amides is 1. The molecular formula is C32H33N3OS. The second-order valence-electron chi connectivity index (χ2n) is 9.49. The van der Waals surface area contributed by atoms with Gasteiger partial charge in [-0.05, 0) is 53.1 Å². The third-order valence-corrected chi connectivity index (χ3v) is 7.78. The molecule has 1 aliphatic heterocycles. The van der Waals surface area contributed by atoms with Gasteiger partial charge in [0.05, 0.1) is 0 Å². The quantitative estimate of drug-likeness (QED) is 0.261. The van der Waals surface area contributed by atoms with Gasteiger partial charge in [0, 0.05) is 61.2 Å². The smallest absolute Gasteiger partial charge is 0.255 e. The molecule has 1 N–H and O–H groups in total. The molecule has 1 aliphatic rings. The summed E-state index contributed by atoms with van der Waals surface area (Å²) in [5, 5.41) is 3.02. The van der Waals surface area contributed by atoms with Crippen LogP contribution in [0.15, 0.2) is 114 Å². The number of nitrogens with zero attached hydrogens (tertiary/aromatic N) is 2. The molecule has 4 nitrogen and oxygen atoms in total.